The lowest BCUT2D eigenvalue weighted by Gasteiger charge is -2.49. The molecule has 4 N–H and O–H groups in total. The third kappa shape index (κ3) is 8.95. The highest BCUT2D eigenvalue weighted by atomic mass is 32.2. The second kappa shape index (κ2) is 14.1. The minimum Gasteiger partial charge on any atom is -0.468 e. The van der Waals surface area contributed by atoms with E-state index < -0.39 is 0 Å². The molecular weight excluding hydrogens is 404 g/mol. The average molecular weight is 449 g/mol. The number of thioether (sulfide) groups is 1. The third-order valence-electron chi connectivity index (χ3n) is 6.25. The van der Waals surface area contributed by atoms with Crippen molar-refractivity contribution in [2.45, 2.75) is 76.7 Å². The Labute approximate surface area is 188 Å². The van der Waals surface area contributed by atoms with Crippen LogP contribution in [0.25, 0.3) is 0 Å². The van der Waals surface area contributed by atoms with Crippen LogP contribution in [0.2, 0.25) is 0 Å². The van der Waals surface area contributed by atoms with Gasteiger partial charge < -0.3 is 15.8 Å². The first-order chi connectivity index (χ1) is 13.8. The van der Waals surface area contributed by atoms with Crippen molar-refractivity contribution in [3.05, 3.63) is 0 Å². The number of methoxy groups -OCH3 is 1. The molecule has 0 spiro atoms. The Balaban J connectivity index is 2.91. The van der Waals surface area contributed by atoms with E-state index in [0.29, 0.717) is 17.7 Å². The highest BCUT2D eigenvalue weighted by Crippen LogP contribution is 2.28. The van der Waals surface area contributed by atoms with Crippen molar-refractivity contribution in [3.8, 4) is 0 Å². The lowest BCUT2D eigenvalue weighted by Crippen LogP contribution is -2.65. The maximum absolute atomic E-state index is 12.4. The second-order valence-electron chi connectivity index (χ2n) is 8.52. The van der Waals surface area contributed by atoms with Gasteiger partial charge in [-0.2, -0.15) is 24.4 Å². The van der Waals surface area contributed by atoms with E-state index in [4.69, 9.17) is 10.5 Å². The molecule has 1 aliphatic rings. The molecule has 172 valence electrons. The molecular formula is C21H44N4O2S2. The van der Waals surface area contributed by atoms with E-state index in [-0.39, 0.29) is 23.7 Å². The van der Waals surface area contributed by atoms with Gasteiger partial charge in [0, 0.05) is 30.9 Å². The number of hydrogen-bond donors (Lipinski definition) is 4. The summed E-state index contributed by atoms with van der Waals surface area (Å²) in [6.07, 6.45) is 7.35. The predicted molar refractivity (Wildman–Crippen MR) is 129 cm³/mol. The van der Waals surface area contributed by atoms with Gasteiger partial charge in [0.25, 0.3) is 0 Å². The smallest absolute Gasteiger partial charge is 0.322 e. The van der Waals surface area contributed by atoms with Crippen LogP contribution >= 0.6 is 24.4 Å². The van der Waals surface area contributed by atoms with E-state index in [2.05, 4.69) is 55.2 Å². The summed E-state index contributed by atoms with van der Waals surface area (Å²) in [5.74, 6) is 1.99. The number of likely N-dealkylation sites (tertiary alicyclic amines) is 1. The van der Waals surface area contributed by atoms with Gasteiger partial charge in [0.1, 0.15) is 6.04 Å². The number of rotatable bonds is 14. The maximum atomic E-state index is 12.4. The summed E-state index contributed by atoms with van der Waals surface area (Å²) in [7, 11) is 1.48. The molecule has 1 rings (SSSR count). The fourth-order valence-electron chi connectivity index (χ4n) is 3.97. The van der Waals surface area contributed by atoms with Gasteiger partial charge in [-0.1, -0.05) is 20.3 Å². The molecule has 1 fully saturated rings. The Hall–Kier alpha value is 0.01000. The molecule has 0 aromatic carbocycles. The lowest BCUT2D eigenvalue weighted by atomic mass is 9.91. The first-order valence-electron chi connectivity index (χ1n) is 11.0. The predicted octanol–water partition coefficient (Wildman–Crippen LogP) is 2.33. The summed E-state index contributed by atoms with van der Waals surface area (Å²) in [6.45, 7) is 9.53. The summed E-state index contributed by atoms with van der Waals surface area (Å²) in [5.41, 5.74) is 5.88. The second-order valence-corrected chi connectivity index (χ2v) is 9.87. The molecule has 0 bridgehead atoms. The molecule has 1 aliphatic heterocycles. The normalized spacial score (nSPS) is 24.7. The van der Waals surface area contributed by atoms with Crippen LogP contribution in [-0.4, -0.2) is 79.2 Å². The van der Waals surface area contributed by atoms with E-state index >= 15 is 0 Å². The highest BCUT2D eigenvalue weighted by molar-refractivity contribution is 7.98. The number of nitrogens with two attached hydrogens (primary N) is 1. The van der Waals surface area contributed by atoms with Gasteiger partial charge in [-0.15, -0.1) is 0 Å². The van der Waals surface area contributed by atoms with Crippen molar-refractivity contribution in [1.82, 2.24) is 15.5 Å². The Morgan fingerprint density at radius 3 is 2.72 bits per heavy atom. The number of esters is 1. The monoisotopic (exact) mass is 448 g/mol. The van der Waals surface area contributed by atoms with Crippen LogP contribution in [0.5, 0.6) is 0 Å². The van der Waals surface area contributed by atoms with E-state index in [1.165, 1.54) is 20.0 Å². The van der Waals surface area contributed by atoms with E-state index in [1.807, 2.05) is 0 Å². The van der Waals surface area contributed by atoms with E-state index in [1.54, 1.807) is 11.8 Å². The summed E-state index contributed by atoms with van der Waals surface area (Å²) in [6, 6.07) is 0.143. The van der Waals surface area contributed by atoms with Gasteiger partial charge in [0.15, 0.2) is 0 Å². The number of thiol groups is 1. The number of carbonyl (C=O) groups excluding carboxylic acids is 1. The minimum absolute atomic E-state index is 0.0611. The lowest BCUT2D eigenvalue weighted by molar-refractivity contribution is -0.145. The molecule has 8 heteroatoms. The van der Waals surface area contributed by atoms with Gasteiger partial charge in [-0.05, 0) is 57.1 Å². The molecule has 0 aromatic heterocycles. The van der Waals surface area contributed by atoms with Gasteiger partial charge >= 0.3 is 5.97 Å². The molecule has 1 heterocycles. The van der Waals surface area contributed by atoms with Gasteiger partial charge in [0.05, 0.1) is 12.8 Å². The van der Waals surface area contributed by atoms with Crippen molar-refractivity contribution in [2.75, 3.05) is 44.5 Å². The largest absolute Gasteiger partial charge is 0.468 e. The number of carbonyl (C=O) groups is 1. The first kappa shape index (κ1) is 27.0. The molecule has 0 saturated carbocycles. The standard InChI is InChI=1S/C21H44N4O2S2/c1-6-16(2)19(23-13-17(22)15-28)14-25-11-8-7-10-21(25,3)24-18(9-12-29-5)20(26)27-4/h16-19,23-24,28H,6-15,22H2,1-5H3/t16?,17-,18+,19-,21?/m1/s1. The van der Waals surface area contributed by atoms with Crippen LogP contribution in [0.15, 0.2) is 0 Å². The molecule has 0 aliphatic carbocycles. The van der Waals surface area contributed by atoms with Gasteiger partial charge in [-0.3, -0.25) is 15.0 Å². The molecule has 0 aromatic rings. The summed E-state index contributed by atoms with van der Waals surface area (Å²) >= 11 is 6.07. The number of piperidine rings is 1. The van der Waals surface area contributed by atoms with Crippen LogP contribution in [0.3, 0.4) is 0 Å². The third-order valence-corrected chi connectivity index (χ3v) is 7.36. The summed E-state index contributed by atoms with van der Waals surface area (Å²) < 4.78 is 5.08. The fourth-order valence-corrected chi connectivity index (χ4v) is 4.57. The first-order valence-corrected chi connectivity index (χ1v) is 13.0. The number of ether oxygens (including phenoxy) is 1. The number of nitrogens with one attached hydrogen (secondary N) is 2. The molecule has 6 nitrogen and oxygen atoms in total. The molecule has 2 unspecified atom stereocenters. The van der Waals surface area contributed by atoms with Crippen molar-refractivity contribution in [1.29, 1.82) is 0 Å². The van der Waals surface area contributed by atoms with Gasteiger partial charge in [-0.25, -0.2) is 0 Å². The zero-order valence-corrected chi connectivity index (χ0v) is 20.8. The van der Waals surface area contributed by atoms with Crippen LogP contribution in [0, 0.1) is 5.92 Å². The molecule has 0 amide bonds. The Morgan fingerprint density at radius 1 is 1.41 bits per heavy atom. The summed E-state index contributed by atoms with van der Waals surface area (Å²) in [4.78, 5) is 14.9. The van der Waals surface area contributed by atoms with Crippen molar-refractivity contribution < 1.29 is 9.53 Å². The average Bonchev–Trinajstić information content (AvgIpc) is 2.73. The number of nitrogens with zero attached hydrogens (tertiary/aromatic N) is 1. The van der Waals surface area contributed by atoms with Crippen LogP contribution in [-0.2, 0) is 9.53 Å². The Morgan fingerprint density at radius 2 is 2.14 bits per heavy atom. The molecule has 5 atom stereocenters. The van der Waals surface area contributed by atoms with Crippen LogP contribution in [0.1, 0.15) is 52.9 Å². The highest BCUT2D eigenvalue weighted by Gasteiger charge is 2.39. The van der Waals surface area contributed by atoms with Gasteiger partial charge in [0.2, 0.25) is 0 Å². The topological polar surface area (TPSA) is 79.6 Å². The number of hydrogen-bond acceptors (Lipinski definition) is 8. The van der Waals surface area contributed by atoms with E-state index in [9.17, 15) is 4.79 Å². The van der Waals surface area contributed by atoms with Crippen molar-refractivity contribution in [3.63, 3.8) is 0 Å². The van der Waals surface area contributed by atoms with Crippen molar-refractivity contribution >= 4 is 30.4 Å². The molecule has 29 heavy (non-hydrogen) atoms. The zero-order chi connectivity index (χ0) is 21.9. The molecule has 1 saturated heterocycles. The summed E-state index contributed by atoms with van der Waals surface area (Å²) in [5, 5.41) is 7.37. The van der Waals surface area contributed by atoms with E-state index in [0.717, 1.165) is 44.6 Å². The van der Waals surface area contributed by atoms with Crippen LogP contribution in [0.4, 0.5) is 0 Å². The molecule has 0 radical (unpaired) electrons. The van der Waals surface area contributed by atoms with Crippen molar-refractivity contribution in [2.24, 2.45) is 11.7 Å². The SMILES string of the molecule is CCC(C)[C@@H](CN1CCCCC1(C)N[C@@H](CCSC)C(=O)OC)NC[C@@H](N)CS. The van der Waals surface area contributed by atoms with Crippen LogP contribution < -0.4 is 16.4 Å². The maximum Gasteiger partial charge on any atom is 0.322 e. The Bertz CT molecular complexity index is 472. The minimum atomic E-state index is -0.273. The Kier molecular flexibility index (Phi) is 13.2. The fraction of sp³-hybridized carbons (Fsp3) is 0.952. The quantitative estimate of drug-likeness (QED) is 0.240. The zero-order valence-electron chi connectivity index (χ0n) is 19.1.